The molecule has 0 bridgehead atoms. The molecule has 33 heavy (non-hydrogen) atoms. The third kappa shape index (κ3) is 4.28. The number of rotatable bonds is 7. The Morgan fingerprint density at radius 3 is 2.42 bits per heavy atom. The van der Waals surface area contributed by atoms with Gasteiger partial charge in [0.05, 0.1) is 0 Å². The first-order valence-corrected chi connectivity index (χ1v) is 11.5. The van der Waals surface area contributed by atoms with Gasteiger partial charge >= 0.3 is 11.7 Å². The molecule has 5 N–H and O–H groups in total. The maximum absolute atomic E-state index is 13.2. The Bertz CT molecular complexity index is 1090. The summed E-state index contributed by atoms with van der Waals surface area (Å²) in [4.78, 5) is 52.1. The van der Waals surface area contributed by atoms with Crippen LogP contribution in [0.5, 0.6) is 5.88 Å². The molecule has 11 heteroatoms. The Labute approximate surface area is 192 Å². The largest absolute Gasteiger partial charge is 0.494 e. The summed E-state index contributed by atoms with van der Waals surface area (Å²) in [6.45, 7) is 8.00. The molecule has 182 valence electrons. The van der Waals surface area contributed by atoms with Gasteiger partial charge in [-0.25, -0.2) is 9.59 Å². The molecule has 1 aromatic heterocycles. The maximum Gasteiger partial charge on any atom is 0.334 e. The highest BCUT2D eigenvalue weighted by atomic mass is 16.3. The second kappa shape index (κ2) is 9.03. The lowest BCUT2D eigenvalue weighted by Gasteiger charge is -2.39. The molecule has 3 amide bonds. The number of carbonyl (C=O) groups excluding carboxylic acids is 2. The molecule has 2 heterocycles. The van der Waals surface area contributed by atoms with Crippen LogP contribution in [0.3, 0.4) is 0 Å². The molecule has 1 aliphatic heterocycles. The van der Waals surface area contributed by atoms with Crippen LogP contribution in [0.25, 0.3) is 0 Å². The Hall–Kier alpha value is -3.11. The van der Waals surface area contributed by atoms with Gasteiger partial charge in [0.25, 0.3) is 11.5 Å². The Balaban J connectivity index is 1.89. The van der Waals surface area contributed by atoms with E-state index in [-0.39, 0.29) is 29.9 Å². The SMILES string of the molecule is CCCCn1c(O)c(C(=N)N)c(=O)n(C2CCC(CN3C(=O)NC(=O)C3(C)C)C(C)C2)c1=O. The number of carbonyl (C=O) groups is 2. The normalized spacial score (nSPS) is 24.7. The number of urea groups is 1. The summed E-state index contributed by atoms with van der Waals surface area (Å²) in [6, 6.07) is -0.816. The molecule has 2 fully saturated rings. The fourth-order valence-corrected chi connectivity index (χ4v) is 4.91. The van der Waals surface area contributed by atoms with E-state index in [1.165, 1.54) is 0 Å². The molecule has 3 atom stereocenters. The summed E-state index contributed by atoms with van der Waals surface area (Å²) in [5, 5.41) is 20.6. The van der Waals surface area contributed by atoms with Gasteiger partial charge in [-0.3, -0.25) is 29.4 Å². The van der Waals surface area contributed by atoms with Crippen molar-refractivity contribution in [2.45, 2.75) is 77.9 Å². The van der Waals surface area contributed by atoms with Gasteiger partial charge in [-0.1, -0.05) is 20.3 Å². The molecule has 1 saturated carbocycles. The maximum atomic E-state index is 13.2. The Kier molecular flexibility index (Phi) is 6.71. The van der Waals surface area contributed by atoms with Crippen molar-refractivity contribution in [3.8, 4) is 5.88 Å². The van der Waals surface area contributed by atoms with Crippen molar-refractivity contribution < 1.29 is 14.7 Å². The van der Waals surface area contributed by atoms with Gasteiger partial charge < -0.3 is 15.7 Å². The van der Waals surface area contributed by atoms with Crippen molar-refractivity contribution in [2.75, 3.05) is 6.54 Å². The number of nitrogen functional groups attached to an aromatic ring is 1. The fraction of sp³-hybridized carbons (Fsp3) is 0.682. The van der Waals surface area contributed by atoms with E-state index in [1.54, 1.807) is 18.7 Å². The molecular weight excluding hydrogens is 428 g/mol. The van der Waals surface area contributed by atoms with Crippen LogP contribution in [0.2, 0.25) is 0 Å². The molecule has 11 nitrogen and oxygen atoms in total. The minimum atomic E-state index is -0.926. The zero-order valence-corrected chi connectivity index (χ0v) is 19.7. The van der Waals surface area contributed by atoms with Gasteiger partial charge in [0, 0.05) is 19.1 Å². The predicted molar refractivity (Wildman–Crippen MR) is 122 cm³/mol. The molecule has 1 saturated heterocycles. The van der Waals surface area contributed by atoms with Crippen LogP contribution in [0.15, 0.2) is 9.59 Å². The number of aromatic hydroxyl groups is 1. The highest BCUT2D eigenvalue weighted by Gasteiger charge is 2.47. The van der Waals surface area contributed by atoms with Crippen LogP contribution < -0.4 is 22.3 Å². The van der Waals surface area contributed by atoms with E-state index in [0.717, 1.165) is 15.6 Å². The fourth-order valence-electron chi connectivity index (χ4n) is 4.91. The summed E-state index contributed by atoms with van der Waals surface area (Å²) >= 11 is 0. The van der Waals surface area contributed by atoms with E-state index < -0.39 is 40.6 Å². The summed E-state index contributed by atoms with van der Waals surface area (Å²) in [5.41, 5.74) is 2.95. The Morgan fingerprint density at radius 1 is 1.24 bits per heavy atom. The lowest BCUT2D eigenvalue weighted by Crippen LogP contribution is -2.49. The number of imide groups is 1. The number of unbranched alkanes of at least 4 members (excludes halogenated alkanes) is 1. The van der Waals surface area contributed by atoms with Crippen LogP contribution in [0.1, 0.15) is 71.4 Å². The molecule has 1 aromatic rings. The second-order valence-corrected chi connectivity index (χ2v) is 9.71. The number of aromatic nitrogens is 2. The second-order valence-electron chi connectivity index (χ2n) is 9.71. The average Bonchev–Trinajstić information content (AvgIpc) is 2.90. The van der Waals surface area contributed by atoms with Crippen LogP contribution in [-0.2, 0) is 11.3 Å². The molecule has 1 aliphatic carbocycles. The molecule has 0 radical (unpaired) electrons. The van der Waals surface area contributed by atoms with Gasteiger partial charge in [0.1, 0.15) is 16.9 Å². The van der Waals surface area contributed by atoms with Gasteiger partial charge in [-0.15, -0.1) is 0 Å². The highest BCUT2D eigenvalue weighted by Crippen LogP contribution is 2.37. The minimum absolute atomic E-state index is 0.0630. The number of hydrogen-bond acceptors (Lipinski definition) is 6. The van der Waals surface area contributed by atoms with E-state index in [9.17, 15) is 24.3 Å². The predicted octanol–water partition coefficient (Wildman–Crippen LogP) is 1.11. The monoisotopic (exact) mass is 462 g/mol. The molecule has 3 rings (SSSR count). The van der Waals surface area contributed by atoms with Crippen molar-refractivity contribution in [3.63, 3.8) is 0 Å². The number of amidine groups is 1. The standard InChI is InChI=1S/C22H34N6O5/c1-5-6-9-26-17(29)15(16(23)24)18(30)28(21(26)33)14-8-7-13(12(2)10-14)11-27-20(32)25-19(31)22(27,3)4/h12-14,29H,5-11H2,1-4H3,(H3,23,24)(H,25,31,32). The van der Waals surface area contributed by atoms with Gasteiger partial charge in [-0.2, -0.15) is 0 Å². The van der Waals surface area contributed by atoms with Crippen molar-refractivity contribution in [1.29, 1.82) is 5.41 Å². The quantitative estimate of drug-likeness (QED) is 0.269. The number of hydrogen-bond donors (Lipinski definition) is 4. The van der Waals surface area contributed by atoms with Crippen LogP contribution in [0, 0.1) is 17.2 Å². The van der Waals surface area contributed by atoms with Crippen LogP contribution in [0.4, 0.5) is 4.79 Å². The van der Waals surface area contributed by atoms with Crippen LogP contribution >= 0.6 is 0 Å². The highest BCUT2D eigenvalue weighted by molar-refractivity contribution is 6.06. The zero-order chi connectivity index (χ0) is 24.7. The number of nitrogens with two attached hydrogens (primary N) is 1. The molecular formula is C22H34N6O5. The molecule has 0 aromatic carbocycles. The third-order valence-corrected chi connectivity index (χ3v) is 7.15. The smallest absolute Gasteiger partial charge is 0.334 e. The van der Waals surface area contributed by atoms with E-state index in [2.05, 4.69) is 5.32 Å². The summed E-state index contributed by atoms with van der Waals surface area (Å²) in [5.74, 6) is -1.30. The zero-order valence-electron chi connectivity index (χ0n) is 19.7. The average molecular weight is 463 g/mol. The molecule has 0 spiro atoms. The summed E-state index contributed by atoms with van der Waals surface area (Å²) in [7, 11) is 0. The minimum Gasteiger partial charge on any atom is -0.494 e. The lowest BCUT2D eigenvalue weighted by molar-refractivity contribution is -0.125. The topological polar surface area (TPSA) is 164 Å². The lowest BCUT2D eigenvalue weighted by atomic mass is 9.77. The summed E-state index contributed by atoms with van der Waals surface area (Å²) in [6.07, 6.45) is 3.09. The van der Waals surface area contributed by atoms with E-state index in [1.807, 2.05) is 13.8 Å². The number of nitrogens with zero attached hydrogens (tertiary/aromatic N) is 3. The first kappa shape index (κ1) is 24.5. The molecule has 2 aliphatic rings. The van der Waals surface area contributed by atoms with Crippen molar-refractivity contribution in [3.05, 3.63) is 26.4 Å². The Morgan fingerprint density at radius 2 is 1.91 bits per heavy atom. The van der Waals surface area contributed by atoms with Crippen molar-refractivity contribution in [1.82, 2.24) is 19.4 Å². The summed E-state index contributed by atoms with van der Waals surface area (Å²) < 4.78 is 2.26. The van der Waals surface area contributed by atoms with E-state index in [4.69, 9.17) is 11.1 Å². The van der Waals surface area contributed by atoms with Crippen LogP contribution in [-0.4, -0.2) is 49.0 Å². The molecule has 3 unspecified atom stereocenters. The first-order valence-electron chi connectivity index (χ1n) is 11.5. The number of amides is 3. The third-order valence-electron chi connectivity index (χ3n) is 7.15. The van der Waals surface area contributed by atoms with E-state index >= 15 is 0 Å². The van der Waals surface area contributed by atoms with Gasteiger partial charge in [-0.05, 0) is 51.4 Å². The van der Waals surface area contributed by atoms with Gasteiger partial charge in [0.2, 0.25) is 5.88 Å². The number of nitrogens with one attached hydrogen (secondary N) is 2. The van der Waals surface area contributed by atoms with Gasteiger partial charge in [0.15, 0.2) is 0 Å². The first-order chi connectivity index (χ1) is 15.4. The van der Waals surface area contributed by atoms with Crippen molar-refractivity contribution >= 4 is 17.8 Å². The van der Waals surface area contributed by atoms with E-state index in [0.29, 0.717) is 32.2 Å². The van der Waals surface area contributed by atoms with Crippen molar-refractivity contribution in [2.24, 2.45) is 17.6 Å².